The standard InChI is InChI=1S/C18H16N4O4S2/c1-21-17(24)15-12-6-3-7-13(12)28-16(15)20-18(21)27-9-14(23)19-10-4-2-5-11(8-10)22(25)26/h2,4-5,8H,3,6-7,9H2,1H3,(H,19,23). The Kier molecular flexibility index (Phi) is 4.90. The van der Waals surface area contributed by atoms with E-state index in [1.807, 2.05) is 0 Å². The van der Waals surface area contributed by atoms with Crippen LogP contribution in [0.3, 0.4) is 0 Å². The molecule has 4 rings (SSSR count). The molecule has 0 fully saturated rings. The van der Waals surface area contributed by atoms with Crippen molar-refractivity contribution in [1.82, 2.24) is 9.55 Å². The number of non-ortho nitro benzene ring substituents is 1. The minimum atomic E-state index is -0.516. The highest BCUT2D eigenvalue weighted by atomic mass is 32.2. The first-order valence-electron chi connectivity index (χ1n) is 8.62. The summed E-state index contributed by atoms with van der Waals surface area (Å²) in [5.74, 6) is -0.284. The second kappa shape index (κ2) is 7.36. The predicted molar refractivity (Wildman–Crippen MR) is 109 cm³/mol. The average molecular weight is 416 g/mol. The zero-order valence-corrected chi connectivity index (χ0v) is 16.6. The molecule has 8 nitrogen and oxygen atoms in total. The molecule has 1 N–H and O–H groups in total. The van der Waals surface area contributed by atoms with Crippen molar-refractivity contribution in [2.24, 2.45) is 7.05 Å². The molecular weight excluding hydrogens is 400 g/mol. The van der Waals surface area contributed by atoms with Crippen LogP contribution in [-0.4, -0.2) is 26.1 Å². The van der Waals surface area contributed by atoms with Gasteiger partial charge in [-0.2, -0.15) is 0 Å². The lowest BCUT2D eigenvalue weighted by molar-refractivity contribution is -0.384. The molecule has 0 saturated carbocycles. The van der Waals surface area contributed by atoms with Gasteiger partial charge < -0.3 is 5.32 Å². The van der Waals surface area contributed by atoms with E-state index in [4.69, 9.17) is 0 Å². The number of thiophene rings is 1. The van der Waals surface area contributed by atoms with Gasteiger partial charge in [0.2, 0.25) is 5.91 Å². The molecule has 3 aromatic rings. The minimum Gasteiger partial charge on any atom is -0.325 e. The molecule has 1 aliphatic carbocycles. The van der Waals surface area contributed by atoms with E-state index in [0.29, 0.717) is 16.2 Å². The molecule has 0 atom stereocenters. The number of benzene rings is 1. The molecule has 144 valence electrons. The summed E-state index contributed by atoms with van der Waals surface area (Å²) in [4.78, 5) is 41.9. The summed E-state index contributed by atoms with van der Waals surface area (Å²) in [5, 5.41) is 14.7. The maximum atomic E-state index is 12.8. The Bertz CT molecular complexity index is 1170. The third-order valence-corrected chi connectivity index (χ3v) is 6.79. The first-order chi connectivity index (χ1) is 13.4. The number of rotatable bonds is 5. The van der Waals surface area contributed by atoms with E-state index in [2.05, 4.69) is 10.3 Å². The van der Waals surface area contributed by atoms with Crippen molar-refractivity contribution in [2.45, 2.75) is 24.4 Å². The van der Waals surface area contributed by atoms with Crippen molar-refractivity contribution >= 4 is 50.6 Å². The molecule has 0 radical (unpaired) electrons. The number of amides is 1. The molecule has 10 heteroatoms. The minimum absolute atomic E-state index is 0.0412. The van der Waals surface area contributed by atoms with Crippen molar-refractivity contribution in [2.75, 3.05) is 11.1 Å². The van der Waals surface area contributed by atoms with Crippen molar-refractivity contribution in [3.05, 3.63) is 55.2 Å². The summed E-state index contributed by atoms with van der Waals surface area (Å²) in [6, 6.07) is 5.76. The Balaban J connectivity index is 1.50. The van der Waals surface area contributed by atoms with Crippen LogP contribution < -0.4 is 10.9 Å². The number of nitro groups is 1. The van der Waals surface area contributed by atoms with Crippen LogP contribution in [0.15, 0.2) is 34.2 Å². The lowest BCUT2D eigenvalue weighted by Gasteiger charge is -2.08. The van der Waals surface area contributed by atoms with Crippen LogP contribution in [0.5, 0.6) is 0 Å². The van der Waals surface area contributed by atoms with E-state index in [1.165, 1.54) is 39.4 Å². The summed E-state index contributed by atoms with van der Waals surface area (Å²) in [5.41, 5.74) is 1.32. The molecule has 2 heterocycles. The van der Waals surface area contributed by atoms with Gasteiger partial charge in [-0.05, 0) is 30.9 Å². The lowest BCUT2D eigenvalue weighted by atomic mass is 10.2. The summed E-state index contributed by atoms with van der Waals surface area (Å²) in [6.07, 6.45) is 2.99. The predicted octanol–water partition coefficient (Wildman–Crippen LogP) is 3.12. The Morgan fingerprint density at radius 2 is 2.25 bits per heavy atom. The molecule has 28 heavy (non-hydrogen) atoms. The van der Waals surface area contributed by atoms with Gasteiger partial charge >= 0.3 is 0 Å². The Morgan fingerprint density at radius 3 is 3.04 bits per heavy atom. The van der Waals surface area contributed by atoms with E-state index in [-0.39, 0.29) is 22.9 Å². The highest BCUT2D eigenvalue weighted by Gasteiger charge is 2.22. The molecule has 1 amide bonds. The van der Waals surface area contributed by atoms with Gasteiger partial charge in [0, 0.05) is 29.7 Å². The van der Waals surface area contributed by atoms with Crippen molar-refractivity contribution in [1.29, 1.82) is 0 Å². The van der Waals surface area contributed by atoms with Crippen molar-refractivity contribution in [3.8, 4) is 0 Å². The van der Waals surface area contributed by atoms with Gasteiger partial charge in [0.15, 0.2) is 5.16 Å². The highest BCUT2D eigenvalue weighted by molar-refractivity contribution is 7.99. The number of anilines is 1. The van der Waals surface area contributed by atoms with E-state index >= 15 is 0 Å². The van der Waals surface area contributed by atoms with Crippen molar-refractivity contribution < 1.29 is 9.72 Å². The largest absolute Gasteiger partial charge is 0.325 e. The van der Waals surface area contributed by atoms with Gasteiger partial charge in [-0.15, -0.1) is 11.3 Å². The van der Waals surface area contributed by atoms with Crippen LogP contribution in [0.25, 0.3) is 10.2 Å². The van der Waals surface area contributed by atoms with Crippen LogP contribution >= 0.6 is 23.1 Å². The molecule has 1 aliphatic rings. The van der Waals surface area contributed by atoms with E-state index in [9.17, 15) is 19.7 Å². The molecule has 0 spiro atoms. The number of nitrogens with one attached hydrogen (secondary N) is 1. The third-order valence-electron chi connectivity index (χ3n) is 4.58. The highest BCUT2D eigenvalue weighted by Crippen LogP contribution is 2.35. The number of carbonyl (C=O) groups excluding carboxylic acids is 1. The average Bonchev–Trinajstić information content (AvgIpc) is 3.24. The van der Waals surface area contributed by atoms with Gasteiger partial charge in [0.05, 0.1) is 16.1 Å². The lowest BCUT2D eigenvalue weighted by Crippen LogP contribution is -2.21. The zero-order valence-electron chi connectivity index (χ0n) is 14.9. The number of nitro benzene ring substituents is 1. The summed E-state index contributed by atoms with van der Waals surface area (Å²) < 4.78 is 1.49. The SMILES string of the molecule is Cn1c(SCC(=O)Nc2cccc([N+](=O)[O-])c2)nc2sc3c(c2c1=O)CCC3. The normalized spacial score (nSPS) is 12.9. The first-order valence-corrected chi connectivity index (χ1v) is 10.4. The van der Waals surface area contributed by atoms with Gasteiger partial charge in [-0.1, -0.05) is 17.8 Å². The van der Waals surface area contributed by atoms with Crippen LogP contribution in [0.1, 0.15) is 16.9 Å². The molecule has 0 bridgehead atoms. The van der Waals surface area contributed by atoms with Crippen LogP contribution in [-0.2, 0) is 24.7 Å². The number of thioether (sulfide) groups is 1. The summed E-state index contributed by atoms with van der Waals surface area (Å²) in [6.45, 7) is 0. The van der Waals surface area contributed by atoms with Gasteiger partial charge in [-0.25, -0.2) is 4.98 Å². The van der Waals surface area contributed by atoms with E-state index in [1.54, 1.807) is 24.5 Å². The van der Waals surface area contributed by atoms with Gasteiger partial charge in [0.1, 0.15) is 4.83 Å². The molecule has 0 aliphatic heterocycles. The zero-order chi connectivity index (χ0) is 19.8. The first kappa shape index (κ1) is 18.6. The van der Waals surface area contributed by atoms with Crippen LogP contribution in [0.2, 0.25) is 0 Å². The van der Waals surface area contributed by atoms with Crippen LogP contribution in [0, 0.1) is 10.1 Å². The fourth-order valence-corrected chi connectivity index (χ4v) is 5.33. The number of hydrogen-bond donors (Lipinski definition) is 1. The maximum Gasteiger partial charge on any atom is 0.271 e. The molecule has 2 aromatic heterocycles. The maximum absolute atomic E-state index is 12.8. The monoisotopic (exact) mass is 416 g/mol. The molecule has 0 unspecified atom stereocenters. The number of aryl methyl sites for hydroxylation is 2. The Morgan fingerprint density at radius 1 is 1.43 bits per heavy atom. The fourth-order valence-electron chi connectivity index (χ4n) is 3.26. The number of fused-ring (bicyclic) bond motifs is 3. The fraction of sp³-hybridized carbons (Fsp3) is 0.278. The molecule has 0 saturated heterocycles. The smallest absolute Gasteiger partial charge is 0.271 e. The Hall–Kier alpha value is -2.72. The quantitative estimate of drug-likeness (QED) is 0.296. The second-order valence-electron chi connectivity index (χ2n) is 6.44. The topological polar surface area (TPSA) is 107 Å². The van der Waals surface area contributed by atoms with Gasteiger partial charge in [-0.3, -0.25) is 24.3 Å². The summed E-state index contributed by atoms with van der Waals surface area (Å²) in [7, 11) is 1.66. The van der Waals surface area contributed by atoms with Crippen LogP contribution in [0.4, 0.5) is 11.4 Å². The Labute approximate surface area is 167 Å². The number of carbonyl (C=O) groups is 1. The van der Waals surface area contributed by atoms with E-state index in [0.717, 1.165) is 29.7 Å². The number of hydrogen-bond acceptors (Lipinski definition) is 7. The van der Waals surface area contributed by atoms with Crippen molar-refractivity contribution in [3.63, 3.8) is 0 Å². The summed E-state index contributed by atoms with van der Waals surface area (Å²) >= 11 is 2.73. The third kappa shape index (κ3) is 3.40. The van der Waals surface area contributed by atoms with E-state index < -0.39 is 4.92 Å². The second-order valence-corrected chi connectivity index (χ2v) is 8.47. The molecule has 1 aromatic carbocycles. The number of nitrogens with zero attached hydrogens (tertiary/aromatic N) is 3. The molecular formula is C18H16N4O4S2. The van der Waals surface area contributed by atoms with Gasteiger partial charge in [0.25, 0.3) is 11.2 Å². The number of aromatic nitrogens is 2.